The van der Waals surface area contributed by atoms with Crippen LogP contribution in [0.2, 0.25) is 5.02 Å². The normalized spacial score (nSPS) is 14.5. The first kappa shape index (κ1) is 19.1. The van der Waals surface area contributed by atoms with Crippen molar-refractivity contribution in [1.82, 2.24) is 10.6 Å². The summed E-state index contributed by atoms with van der Waals surface area (Å²) in [6, 6.07) is 7.92. The number of nitrogens with zero attached hydrogens (tertiary/aromatic N) is 1. The molecule has 1 aliphatic rings. The van der Waals surface area contributed by atoms with Crippen LogP contribution in [0.25, 0.3) is 0 Å². The Morgan fingerprint density at radius 2 is 2.05 bits per heavy atom. The van der Waals surface area contributed by atoms with E-state index >= 15 is 0 Å². The molecule has 0 atom stereocenters. The van der Waals surface area contributed by atoms with Gasteiger partial charge in [-0.2, -0.15) is 0 Å². The second-order valence-electron chi connectivity index (χ2n) is 4.82. The summed E-state index contributed by atoms with van der Waals surface area (Å²) < 4.78 is 5.63. The molecule has 0 unspecified atom stereocenters. The van der Waals surface area contributed by atoms with E-state index in [9.17, 15) is 0 Å². The number of aliphatic imine (C=N–C) groups is 1. The Hall–Kier alpha value is -0.950. The van der Waals surface area contributed by atoms with E-state index in [4.69, 9.17) is 16.3 Å². The largest absolute Gasteiger partial charge is 0.490 e. The second kappa shape index (κ2) is 10.7. The lowest BCUT2D eigenvalue weighted by molar-refractivity contribution is 0.328. The van der Waals surface area contributed by atoms with Crippen molar-refractivity contribution in [2.75, 3.05) is 19.7 Å². The fraction of sp³-hybridized carbons (Fsp3) is 0.438. The minimum Gasteiger partial charge on any atom is -0.490 e. The third kappa shape index (κ3) is 6.44. The van der Waals surface area contributed by atoms with Crippen molar-refractivity contribution in [3.05, 3.63) is 41.4 Å². The zero-order valence-corrected chi connectivity index (χ0v) is 15.8. The minimum absolute atomic E-state index is 0. The van der Waals surface area contributed by atoms with Crippen LogP contribution in [-0.2, 0) is 0 Å². The smallest absolute Gasteiger partial charge is 0.191 e. The van der Waals surface area contributed by atoms with Crippen LogP contribution >= 0.6 is 35.6 Å². The van der Waals surface area contributed by atoms with Gasteiger partial charge in [-0.3, -0.25) is 0 Å². The number of para-hydroxylation sites is 1. The first-order chi connectivity index (χ1) is 10.3. The third-order valence-electron chi connectivity index (χ3n) is 3.15. The Balaban J connectivity index is 0.00000242. The molecule has 0 saturated heterocycles. The molecule has 2 rings (SSSR count). The molecule has 0 radical (unpaired) electrons. The van der Waals surface area contributed by atoms with Gasteiger partial charge in [-0.1, -0.05) is 35.9 Å². The Labute approximate surface area is 154 Å². The van der Waals surface area contributed by atoms with E-state index in [1.165, 1.54) is 0 Å². The van der Waals surface area contributed by atoms with Crippen molar-refractivity contribution < 1.29 is 4.74 Å². The standard InChI is InChI=1S/C16H22ClN3O.HI/c1-2-18-16(20-13-7-3-4-8-13)19-11-12-21-15-10-6-5-9-14(15)17;/h3-6,9-10,13H,2,7-8,11-12H2,1H3,(H2,18,19,20);1H. The number of hydrogen-bond acceptors (Lipinski definition) is 2. The van der Waals surface area contributed by atoms with E-state index in [-0.39, 0.29) is 24.0 Å². The summed E-state index contributed by atoms with van der Waals surface area (Å²) in [7, 11) is 0. The highest BCUT2D eigenvalue weighted by atomic mass is 127. The summed E-state index contributed by atoms with van der Waals surface area (Å²) in [5, 5.41) is 7.30. The Morgan fingerprint density at radius 1 is 1.32 bits per heavy atom. The van der Waals surface area contributed by atoms with Crippen molar-refractivity contribution in [2.45, 2.75) is 25.8 Å². The summed E-state index contributed by atoms with van der Waals surface area (Å²) in [6.07, 6.45) is 6.50. The fourth-order valence-corrected chi connectivity index (χ4v) is 2.31. The topological polar surface area (TPSA) is 45.7 Å². The van der Waals surface area contributed by atoms with Crippen molar-refractivity contribution in [3.8, 4) is 5.75 Å². The molecule has 4 nitrogen and oxygen atoms in total. The highest BCUT2D eigenvalue weighted by Crippen LogP contribution is 2.22. The van der Waals surface area contributed by atoms with Crippen molar-refractivity contribution in [2.24, 2.45) is 4.99 Å². The van der Waals surface area contributed by atoms with Gasteiger partial charge in [0.1, 0.15) is 12.4 Å². The minimum atomic E-state index is 0. The molecule has 1 aromatic rings. The Morgan fingerprint density at radius 3 is 2.73 bits per heavy atom. The molecular weight excluding hydrogens is 413 g/mol. The van der Waals surface area contributed by atoms with Gasteiger partial charge in [0.25, 0.3) is 0 Å². The Bertz CT molecular complexity index is 500. The molecule has 0 aliphatic heterocycles. The predicted molar refractivity (Wildman–Crippen MR) is 104 cm³/mol. The van der Waals surface area contributed by atoms with Gasteiger partial charge >= 0.3 is 0 Å². The molecule has 6 heteroatoms. The van der Waals surface area contributed by atoms with E-state index in [2.05, 4.69) is 34.7 Å². The Kier molecular flexibility index (Phi) is 9.31. The number of nitrogens with one attached hydrogen (secondary N) is 2. The fourth-order valence-electron chi connectivity index (χ4n) is 2.12. The van der Waals surface area contributed by atoms with Gasteiger partial charge in [-0.15, -0.1) is 24.0 Å². The lowest BCUT2D eigenvalue weighted by Gasteiger charge is -2.16. The molecule has 1 aromatic carbocycles. The average Bonchev–Trinajstić information content (AvgIpc) is 2.98. The molecule has 2 N–H and O–H groups in total. The van der Waals surface area contributed by atoms with Gasteiger partial charge in [-0.25, -0.2) is 4.99 Å². The van der Waals surface area contributed by atoms with Gasteiger partial charge in [0.2, 0.25) is 0 Å². The van der Waals surface area contributed by atoms with E-state index in [1.54, 1.807) is 0 Å². The molecule has 0 aromatic heterocycles. The van der Waals surface area contributed by atoms with Crippen LogP contribution in [0, 0.1) is 0 Å². The second-order valence-corrected chi connectivity index (χ2v) is 5.23. The van der Waals surface area contributed by atoms with E-state index in [0.717, 1.165) is 25.3 Å². The maximum atomic E-state index is 6.04. The quantitative estimate of drug-likeness (QED) is 0.236. The average molecular weight is 436 g/mol. The van der Waals surface area contributed by atoms with Crippen LogP contribution in [0.15, 0.2) is 41.4 Å². The predicted octanol–water partition coefficient (Wildman–Crippen LogP) is 3.61. The molecular formula is C16H23ClIN3O. The highest BCUT2D eigenvalue weighted by Gasteiger charge is 2.11. The molecule has 0 saturated carbocycles. The van der Waals surface area contributed by atoms with Gasteiger partial charge in [0.05, 0.1) is 11.6 Å². The lowest BCUT2D eigenvalue weighted by Crippen LogP contribution is -2.42. The molecule has 0 amide bonds. The van der Waals surface area contributed by atoms with Crippen LogP contribution in [0.3, 0.4) is 0 Å². The van der Waals surface area contributed by atoms with Crippen molar-refractivity contribution >= 4 is 41.5 Å². The molecule has 1 aliphatic carbocycles. The summed E-state index contributed by atoms with van der Waals surface area (Å²) >= 11 is 6.04. The number of guanidine groups is 1. The summed E-state index contributed by atoms with van der Waals surface area (Å²) in [5.41, 5.74) is 0. The molecule has 122 valence electrons. The molecule has 22 heavy (non-hydrogen) atoms. The summed E-state index contributed by atoms with van der Waals surface area (Å²) in [5.74, 6) is 1.54. The van der Waals surface area contributed by atoms with Crippen molar-refractivity contribution in [1.29, 1.82) is 0 Å². The number of benzene rings is 1. The first-order valence-corrected chi connectivity index (χ1v) is 7.74. The number of hydrogen-bond donors (Lipinski definition) is 2. The number of ether oxygens (including phenoxy) is 1. The van der Waals surface area contributed by atoms with Gasteiger partial charge < -0.3 is 15.4 Å². The van der Waals surface area contributed by atoms with Crippen LogP contribution in [0.5, 0.6) is 5.75 Å². The molecule has 0 spiro atoms. The van der Waals surface area contributed by atoms with Crippen LogP contribution in [0.1, 0.15) is 19.8 Å². The first-order valence-electron chi connectivity index (χ1n) is 7.36. The van der Waals surface area contributed by atoms with E-state index in [1.807, 2.05) is 24.3 Å². The summed E-state index contributed by atoms with van der Waals surface area (Å²) in [6.45, 7) is 3.99. The van der Waals surface area contributed by atoms with Gasteiger partial charge in [0, 0.05) is 12.6 Å². The van der Waals surface area contributed by atoms with Crippen LogP contribution in [0.4, 0.5) is 0 Å². The molecule has 0 bridgehead atoms. The number of halogens is 2. The maximum Gasteiger partial charge on any atom is 0.191 e. The summed E-state index contributed by atoms with van der Waals surface area (Å²) in [4.78, 5) is 4.52. The molecule has 0 fully saturated rings. The zero-order chi connectivity index (χ0) is 14.9. The third-order valence-corrected chi connectivity index (χ3v) is 3.46. The van der Waals surface area contributed by atoms with Gasteiger partial charge in [-0.05, 0) is 31.9 Å². The van der Waals surface area contributed by atoms with E-state index in [0.29, 0.717) is 30.0 Å². The monoisotopic (exact) mass is 435 g/mol. The van der Waals surface area contributed by atoms with Crippen molar-refractivity contribution in [3.63, 3.8) is 0 Å². The van der Waals surface area contributed by atoms with Crippen LogP contribution in [-0.4, -0.2) is 31.7 Å². The van der Waals surface area contributed by atoms with Crippen LogP contribution < -0.4 is 15.4 Å². The van der Waals surface area contributed by atoms with E-state index < -0.39 is 0 Å². The lowest BCUT2D eigenvalue weighted by atomic mass is 10.2. The maximum absolute atomic E-state index is 6.04. The molecule has 0 heterocycles. The zero-order valence-electron chi connectivity index (χ0n) is 12.7. The highest BCUT2D eigenvalue weighted by molar-refractivity contribution is 14.0. The van der Waals surface area contributed by atoms with Gasteiger partial charge in [0.15, 0.2) is 5.96 Å². The SMILES string of the molecule is CCNC(=NCCOc1ccccc1Cl)NC1CC=CC1.I. The number of rotatable bonds is 6.